The van der Waals surface area contributed by atoms with Gasteiger partial charge in [-0.05, 0) is 40.2 Å². The summed E-state index contributed by atoms with van der Waals surface area (Å²) < 4.78 is 56.7. The van der Waals surface area contributed by atoms with E-state index in [2.05, 4.69) is 20.8 Å². The number of aliphatic hydroxyl groups is 1. The first-order valence-electron chi connectivity index (χ1n) is 6.48. The summed E-state index contributed by atoms with van der Waals surface area (Å²) in [5.41, 5.74) is -0.127. The van der Waals surface area contributed by atoms with Gasteiger partial charge in [0.2, 0.25) is 9.84 Å². The van der Waals surface area contributed by atoms with Crippen molar-refractivity contribution in [1.29, 1.82) is 0 Å². The average molecular weight is 416 g/mol. The molecule has 0 amide bonds. The number of aliphatic hydroxyl groups excluding tert-OH is 1. The fourth-order valence-corrected chi connectivity index (χ4v) is 4.56. The maximum atomic E-state index is 13.8. The minimum absolute atomic E-state index is 0.0443. The number of benzene rings is 2. The van der Waals surface area contributed by atoms with Crippen LogP contribution >= 0.6 is 15.9 Å². The number of rotatable bonds is 2. The van der Waals surface area contributed by atoms with E-state index in [4.69, 9.17) is 11.3 Å². The molecule has 5 nitrogen and oxygen atoms in total. The second-order valence-electron chi connectivity index (χ2n) is 4.97. The number of alkyl halides is 2. The van der Waals surface area contributed by atoms with Gasteiger partial charge < -0.3 is 9.84 Å². The van der Waals surface area contributed by atoms with Crippen molar-refractivity contribution in [2.45, 2.75) is 16.3 Å². The summed E-state index contributed by atoms with van der Waals surface area (Å²) in [6.45, 7) is 6.95. The van der Waals surface area contributed by atoms with E-state index in [1.54, 1.807) is 18.2 Å². The quantitative estimate of drug-likeness (QED) is 0.746. The number of sulfone groups is 1. The number of nitrogens with zero attached hydrogens (tertiary/aromatic N) is 1. The van der Waals surface area contributed by atoms with Crippen LogP contribution in [0.1, 0.15) is 11.7 Å². The molecule has 9 heteroatoms. The largest absolute Gasteiger partial charge is 0.458 e. The van der Waals surface area contributed by atoms with E-state index >= 15 is 0 Å². The summed E-state index contributed by atoms with van der Waals surface area (Å²) in [5.74, 6) is 0.314. The van der Waals surface area contributed by atoms with E-state index in [0.29, 0.717) is 5.69 Å². The molecule has 24 heavy (non-hydrogen) atoms. The Balaban J connectivity index is 2.09. The first-order valence-corrected chi connectivity index (χ1v) is 8.76. The van der Waals surface area contributed by atoms with Crippen LogP contribution in [0.15, 0.2) is 45.8 Å². The van der Waals surface area contributed by atoms with Crippen LogP contribution in [-0.4, -0.2) is 18.8 Å². The monoisotopic (exact) mass is 415 g/mol. The summed E-state index contributed by atoms with van der Waals surface area (Å²) in [6.07, 6.45) is -2.50. The van der Waals surface area contributed by atoms with Crippen LogP contribution in [0.5, 0.6) is 11.5 Å². The lowest BCUT2D eigenvalue weighted by Crippen LogP contribution is -2.28. The fraction of sp³-hybridized carbons (Fsp3) is 0.133. The second-order valence-corrected chi connectivity index (χ2v) is 7.75. The van der Waals surface area contributed by atoms with Gasteiger partial charge in [0, 0.05) is 5.56 Å². The SMILES string of the molecule is [C-]#[N+]c1cccc(Oc2ccc3c(c2Br)[C@@H](O)C(F)(F)S3(=O)=O)c1. The zero-order valence-corrected chi connectivity index (χ0v) is 14.1. The highest BCUT2D eigenvalue weighted by atomic mass is 79.9. The fourth-order valence-electron chi connectivity index (χ4n) is 2.33. The van der Waals surface area contributed by atoms with E-state index in [1.165, 1.54) is 12.1 Å². The molecule has 0 aromatic heterocycles. The van der Waals surface area contributed by atoms with Gasteiger partial charge in [0.05, 0.1) is 15.9 Å². The molecule has 1 N–H and O–H groups in total. The van der Waals surface area contributed by atoms with Crippen LogP contribution < -0.4 is 4.74 Å². The van der Waals surface area contributed by atoms with Gasteiger partial charge in [-0.3, -0.25) is 0 Å². The Morgan fingerprint density at radius 1 is 1.29 bits per heavy atom. The summed E-state index contributed by atoms with van der Waals surface area (Å²) in [6, 6.07) is 8.31. The molecule has 0 aliphatic carbocycles. The van der Waals surface area contributed by atoms with Crippen LogP contribution in [0.25, 0.3) is 4.85 Å². The topological polar surface area (TPSA) is 68.0 Å². The van der Waals surface area contributed by atoms with Crippen LogP contribution in [0.3, 0.4) is 0 Å². The van der Waals surface area contributed by atoms with Gasteiger partial charge in [-0.1, -0.05) is 12.1 Å². The standard InChI is InChI=1S/C15H8BrF2NO4S/c1-19-8-3-2-4-9(7-8)23-10-5-6-11-12(13(10)16)14(20)15(17,18)24(11,21)22/h2-7,14,20H/t14-/m1/s1. The van der Waals surface area contributed by atoms with E-state index in [1.807, 2.05) is 0 Å². The van der Waals surface area contributed by atoms with Crippen LogP contribution in [0, 0.1) is 6.57 Å². The number of hydrogen-bond acceptors (Lipinski definition) is 4. The minimum atomic E-state index is -4.96. The average Bonchev–Trinajstić information content (AvgIpc) is 2.68. The highest BCUT2D eigenvalue weighted by Crippen LogP contribution is 2.53. The van der Waals surface area contributed by atoms with E-state index in [-0.39, 0.29) is 16.0 Å². The van der Waals surface area contributed by atoms with Gasteiger partial charge in [-0.25, -0.2) is 13.3 Å². The van der Waals surface area contributed by atoms with E-state index < -0.39 is 31.7 Å². The first-order chi connectivity index (χ1) is 11.2. The Morgan fingerprint density at radius 2 is 2.00 bits per heavy atom. The molecule has 0 unspecified atom stereocenters. The lowest BCUT2D eigenvalue weighted by molar-refractivity contribution is -0.0379. The molecule has 1 heterocycles. The smallest absolute Gasteiger partial charge is 0.379 e. The molecule has 1 aliphatic rings. The van der Waals surface area contributed by atoms with E-state index in [0.717, 1.165) is 6.07 Å². The van der Waals surface area contributed by atoms with Crippen LogP contribution in [0.4, 0.5) is 14.5 Å². The maximum absolute atomic E-state index is 13.8. The van der Waals surface area contributed by atoms with Crippen molar-refractivity contribution in [3.05, 3.63) is 57.9 Å². The zero-order valence-electron chi connectivity index (χ0n) is 11.7. The lowest BCUT2D eigenvalue weighted by Gasteiger charge is -2.14. The molecule has 0 fully saturated rings. The van der Waals surface area contributed by atoms with Gasteiger partial charge >= 0.3 is 5.25 Å². The van der Waals surface area contributed by atoms with Crippen molar-refractivity contribution in [2.75, 3.05) is 0 Å². The Kier molecular flexibility index (Phi) is 3.86. The number of halogens is 3. The Hall–Kier alpha value is -2.02. The molecule has 0 saturated heterocycles. The molecule has 1 aliphatic heterocycles. The van der Waals surface area contributed by atoms with Crippen molar-refractivity contribution in [3.8, 4) is 11.5 Å². The van der Waals surface area contributed by atoms with Crippen LogP contribution in [0.2, 0.25) is 0 Å². The summed E-state index contributed by atoms with van der Waals surface area (Å²) in [5, 5.41) is 5.44. The molecule has 1 atom stereocenters. The highest BCUT2D eigenvalue weighted by Gasteiger charge is 2.61. The summed E-state index contributed by atoms with van der Waals surface area (Å²) in [4.78, 5) is 2.60. The lowest BCUT2D eigenvalue weighted by atomic mass is 10.1. The number of ether oxygens (including phenoxy) is 1. The third-order valence-corrected chi connectivity index (χ3v) is 6.21. The third kappa shape index (κ3) is 2.30. The Bertz CT molecular complexity index is 985. The molecular weight excluding hydrogens is 408 g/mol. The predicted octanol–water partition coefficient (Wildman–Crippen LogP) is 4.21. The van der Waals surface area contributed by atoms with E-state index in [9.17, 15) is 22.3 Å². The Morgan fingerprint density at radius 3 is 2.67 bits per heavy atom. The molecule has 0 radical (unpaired) electrons. The maximum Gasteiger partial charge on any atom is 0.379 e. The molecular formula is C15H8BrF2NO4S. The highest BCUT2D eigenvalue weighted by molar-refractivity contribution is 9.10. The molecule has 2 aromatic rings. The second kappa shape index (κ2) is 5.51. The summed E-state index contributed by atoms with van der Waals surface area (Å²) in [7, 11) is -4.96. The van der Waals surface area contributed by atoms with Crippen molar-refractivity contribution >= 4 is 31.5 Å². The van der Waals surface area contributed by atoms with Crippen molar-refractivity contribution in [2.24, 2.45) is 0 Å². The predicted molar refractivity (Wildman–Crippen MR) is 84.0 cm³/mol. The van der Waals surface area contributed by atoms with Gasteiger partial charge in [0.15, 0.2) is 11.8 Å². The molecule has 0 bridgehead atoms. The molecule has 2 aromatic carbocycles. The third-order valence-electron chi connectivity index (χ3n) is 3.52. The zero-order chi connectivity index (χ0) is 17.7. The van der Waals surface area contributed by atoms with Crippen molar-refractivity contribution in [1.82, 2.24) is 0 Å². The minimum Gasteiger partial charge on any atom is -0.458 e. The Labute approximate surface area is 144 Å². The van der Waals surface area contributed by atoms with Gasteiger partial charge in [-0.2, -0.15) is 8.78 Å². The van der Waals surface area contributed by atoms with Gasteiger partial charge in [0.25, 0.3) is 0 Å². The van der Waals surface area contributed by atoms with Crippen LogP contribution in [-0.2, 0) is 9.84 Å². The molecule has 0 saturated carbocycles. The summed E-state index contributed by atoms with van der Waals surface area (Å²) >= 11 is 3.03. The molecule has 3 rings (SSSR count). The molecule has 0 spiro atoms. The number of fused-ring (bicyclic) bond motifs is 1. The first kappa shape index (κ1) is 16.8. The van der Waals surface area contributed by atoms with Gasteiger partial charge in [0.1, 0.15) is 11.5 Å². The number of hydrogen-bond donors (Lipinski definition) is 1. The van der Waals surface area contributed by atoms with Gasteiger partial charge in [-0.15, -0.1) is 0 Å². The molecule has 124 valence electrons. The van der Waals surface area contributed by atoms with Crippen molar-refractivity contribution in [3.63, 3.8) is 0 Å². The van der Waals surface area contributed by atoms with Crippen molar-refractivity contribution < 1.29 is 27.0 Å². The normalized spacial score (nSPS) is 20.2.